The molecular formula is C20H19NO2. The zero-order valence-corrected chi connectivity index (χ0v) is 13.3. The van der Waals surface area contributed by atoms with Crippen LogP contribution in [0.4, 0.5) is 0 Å². The first-order valence-corrected chi connectivity index (χ1v) is 7.71. The van der Waals surface area contributed by atoms with Gasteiger partial charge >= 0.3 is 5.97 Å². The molecule has 0 atom stereocenters. The van der Waals surface area contributed by atoms with Crippen molar-refractivity contribution in [2.45, 2.75) is 13.8 Å². The van der Waals surface area contributed by atoms with Crippen LogP contribution in [-0.4, -0.2) is 17.1 Å². The lowest BCUT2D eigenvalue weighted by molar-refractivity contribution is -0.138. The number of aromatic nitrogens is 1. The Morgan fingerprint density at radius 2 is 1.78 bits per heavy atom. The summed E-state index contributed by atoms with van der Waals surface area (Å²) >= 11 is 0. The predicted octanol–water partition coefficient (Wildman–Crippen LogP) is 4.60. The second-order valence-electron chi connectivity index (χ2n) is 5.35. The highest BCUT2D eigenvalue weighted by molar-refractivity contribution is 5.98. The molecule has 2 aromatic carbocycles. The molecule has 116 valence electrons. The number of fused-ring (bicyclic) bond motifs is 1. The lowest BCUT2D eigenvalue weighted by Crippen LogP contribution is -2.04. The molecule has 1 heterocycles. The molecule has 3 rings (SSSR count). The number of carbonyl (C=O) groups is 1. The summed E-state index contributed by atoms with van der Waals surface area (Å²) in [5.74, 6) is -0.274. The van der Waals surface area contributed by atoms with Crippen LogP contribution in [0.25, 0.3) is 22.7 Å². The topological polar surface area (TPSA) is 31.2 Å². The number of carbonyl (C=O) groups excluding carboxylic acids is 1. The van der Waals surface area contributed by atoms with Crippen molar-refractivity contribution in [2.24, 2.45) is 0 Å². The standard InChI is InChI=1S/C20H19NO2/c1-3-23-20(22)15(2)13-16-14-21(17-9-5-4-6-10-17)19-12-8-7-11-18(16)19/h4-14H,3H2,1-2H3/b15-13+. The van der Waals surface area contributed by atoms with Gasteiger partial charge in [-0.2, -0.15) is 0 Å². The molecule has 0 radical (unpaired) electrons. The summed E-state index contributed by atoms with van der Waals surface area (Å²) in [5.41, 5.74) is 3.82. The molecule has 0 fully saturated rings. The van der Waals surface area contributed by atoms with Gasteiger partial charge in [-0.25, -0.2) is 4.79 Å². The molecule has 0 aliphatic heterocycles. The van der Waals surface area contributed by atoms with E-state index < -0.39 is 0 Å². The van der Waals surface area contributed by atoms with E-state index in [-0.39, 0.29) is 5.97 Å². The number of hydrogen-bond acceptors (Lipinski definition) is 2. The molecule has 0 unspecified atom stereocenters. The van der Waals surface area contributed by atoms with Gasteiger partial charge in [0, 0.05) is 28.4 Å². The molecule has 0 amide bonds. The number of ether oxygens (including phenoxy) is 1. The van der Waals surface area contributed by atoms with Crippen LogP contribution in [0.3, 0.4) is 0 Å². The maximum atomic E-state index is 11.9. The second-order valence-corrected chi connectivity index (χ2v) is 5.35. The molecule has 0 aliphatic carbocycles. The van der Waals surface area contributed by atoms with Gasteiger partial charge < -0.3 is 9.30 Å². The van der Waals surface area contributed by atoms with E-state index in [1.165, 1.54) is 0 Å². The minimum absolute atomic E-state index is 0.274. The molecule has 0 spiro atoms. The Morgan fingerprint density at radius 3 is 2.52 bits per heavy atom. The van der Waals surface area contributed by atoms with Gasteiger partial charge in [0.2, 0.25) is 0 Å². The Hall–Kier alpha value is -2.81. The Bertz CT molecular complexity index is 860. The maximum Gasteiger partial charge on any atom is 0.333 e. The van der Waals surface area contributed by atoms with E-state index in [0.29, 0.717) is 12.2 Å². The van der Waals surface area contributed by atoms with Crippen molar-refractivity contribution in [3.05, 3.63) is 71.9 Å². The quantitative estimate of drug-likeness (QED) is 0.521. The first-order chi connectivity index (χ1) is 11.2. The smallest absolute Gasteiger partial charge is 0.333 e. The molecule has 3 aromatic rings. The summed E-state index contributed by atoms with van der Waals surface area (Å²) < 4.78 is 7.20. The van der Waals surface area contributed by atoms with Crippen LogP contribution < -0.4 is 0 Å². The predicted molar refractivity (Wildman–Crippen MR) is 93.6 cm³/mol. The number of para-hydroxylation sites is 2. The van der Waals surface area contributed by atoms with E-state index in [1.54, 1.807) is 6.92 Å². The molecule has 0 bridgehead atoms. The largest absolute Gasteiger partial charge is 0.463 e. The molecular weight excluding hydrogens is 286 g/mol. The van der Waals surface area contributed by atoms with E-state index in [0.717, 1.165) is 22.2 Å². The van der Waals surface area contributed by atoms with Crippen molar-refractivity contribution in [3.8, 4) is 5.69 Å². The summed E-state index contributed by atoms with van der Waals surface area (Å²) in [5, 5.41) is 1.11. The number of rotatable bonds is 4. The van der Waals surface area contributed by atoms with Gasteiger partial charge in [-0.1, -0.05) is 36.4 Å². The van der Waals surface area contributed by atoms with E-state index >= 15 is 0 Å². The van der Waals surface area contributed by atoms with E-state index in [4.69, 9.17) is 4.74 Å². The number of esters is 1. The summed E-state index contributed by atoms with van der Waals surface area (Å²) in [6, 6.07) is 18.4. The minimum Gasteiger partial charge on any atom is -0.463 e. The second kappa shape index (κ2) is 6.53. The molecule has 1 aromatic heterocycles. The minimum atomic E-state index is -0.274. The molecule has 23 heavy (non-hydrogen) atoms. The Kier molecular flexibility index (Phi) is 4.29. The first kappa shape index (κ1) is 15.1. The van der Waals surface area contributed by atoms with E-state index in [9.17, 15) is 4.79 Å². The Labute approximate surface area is 135 Å². The van der Waals surface area contributed by atoms with Crippen LogP contribution in [0.1, 0.15) is 19.4 Å². The van der Waals surface area contributed by atoms with Crippen molar-refractivity contribution in [1.29, 1.82) is 0 Å². The lowest BCUT2D eigenvalue weighted by Gasteiger charge is -2.04. The van der Waals surface area contributed by atoms with Crippen molar-refractivity contribution in [1.82, 2.24) is 4.57 Å². The zero-order valence-electron chi connectivity index (χ0n) is 13.3. The normalized spacial score (nSPS) is 11.7. The van der Waals surface area contributed by atoms with Crippen LogP contribution in [0.5, 0.6) is 0 Å². The monoisotopic (exact) mass is 305 g/mol. The highest BCUT2D eigenvalue weighted by atomic mass is 16.5. The van der Waals surface area contributed by atoms with Crippen molar-refractivity contribution < 1.29 is 9.53 Å². The van der Waals surface area contributed by atoms with Gasteiger partial charge in [-0.3, -0.25) is 0 Å². The molecule has 3 heteroatoms. The zero-order chi connectivity index (χ0) is 16.2. The fourth-order valence-electron chi connectivity index (χ4n) is 2.66. The van der Waals surface area contributed by atoms with Gasteiger partial charge in [-0.05, 0) is 38.1 Å². The van der Waals surface area contributed by atoms with Crippen molar-refractivity contribution in [3.63, 3.8) is 0 Å². The fraction of sp³-hybridized carbons (Fsp3) is 0.150. The van der Waals surface area contributed by atoms with Crippen LogP contribution in [0.2, 0.25) is 0 Å². The number of nitrogens with zero attached hydrogens (tertiary/aromatic N) is 1. The highest BCUT2D eigenvalue weighted by Gasteiger charge is 2.10. The summed E-state index contributed by atoms with van der Waals surface area (Å²) in [7, 11) is 0. The van der Waals surface area contributed by atoms with E-state index in [2.05, 4.69) is 35.0 Å². The third-order valence-electron chi connectivity index (χ3n) is 3.75. The van der Waals surface area contributed by atoms with Gasteiger partial charge in [0.25, 0.3) is 0 Å². The van der Waals surface area contributed by atoms with Crippen molar-refractivity contribution >= 4 is 22.9 Å². The first-order valence-electron chi connectivity index (χ1n) is 7.71. The third kappa shape index (κ3) is 3.04. The van der Waals surface area contributed by atoms with Crippen LogP contribution in [0, 0.1) is 0 Å². The molecule has 3 nitrogen and oxygen atoms in total. The number of benzene rings is 2. The third-order valence-corrected chi connectivity index (χ3v) is 3.75. The van der Waals surface area contributed by atoms with Crippen LogP contribution >= 0.6 is 0 Å². The summed E-state index contributed by atoms with van der Waals surface area (Å²) in [6.45, 7) is 3.98. The molecule has 0 N–H and O–H groups in total. The summed E-state index contributed by atoms with van der Waals surface area (Å²) in [4.78, 5) is 11.9. The molecule has 0 aliphatic rings. The maximum absolute atomic E-state index is 11.9. The Balaban J connectivity index is 2.12. The van der Waals surface area contributed by atoms with Gasteiger partial charge in [0.05, 0.1) is 12.1 Å². The SMILES string of the molecule is CCOC(=O)/C(C)=C/c1cn(-c2ccccc2)c2ccccc12. The average molecular weight is 305 g/mol. The highest BCUT2D eigenvalue weighted by Crippen LogP contribution is 2.26. The van der Waals surface area contributed by atoms with Crippen LogP contribution in [-0.2, 0) is 9.53 Å². The average Bonchev–Trinajstić information content (AvgIpc) is 2.95. The van der Waals surface area contributed by atoms with Crippen LogP contribution in [0.15, 0.2) is 66.4 Å². The molecule has 0 saturated carbocycles. The van der Waals surface area contributed by atoms with E-state index in [1.807, 2.05) is 43.3 Å². The fourth-order valence-corrected chi connectivity index (χ4v) is 2.66. The molecule has 0 saturated heterocycles. The number of hydrogen-bond donors (Lipinski definition) is 0. The van der Waals surface area contributed by atoms with Gasteiger partial charge in [0.1, 0.15) is 0 Å². The van der Waals surface area contributed by atoms with Crippen molar-refractivity contribution in [2.75, 3.05) is 6.61 Å². The Morgan fingerprint density at radius 1 is 1.09 bits per heavy atom. The van der Waals surface area contributed by atoms with Gasteiger partial charge in [0.15, 0.2) is 0 Å². The lowest BCUT2D eigenvalue weighted by atomic mass is 10.1. The van der Waals surface area contributed by atoms with Gasteiger partial charge in [-0.15, -0.1) is 0 Å². The summed E-state index contributed by atoms with van der Waals surface area (Å²) in [6.07, 6.45) is 3.95.